The first-order valence-electron chi connectivity index (χ1n) is 7.87. The molecule has 27 heavy (non-hydrogen) atoms. The first kappa shape index (κ1) is 17.9. The third kappa shape index (κ3) is 3.84. The molecule has 0 unspecified atom stereocenters. The Balaban J connectivity index is 1.78. The van der Waals surface area contributed by atoms with Crippen LogP contribution in [0.3, 0.4) is 0 Å². The lowest BCUT2D eigenvalue weighted by Gasteiger charge is -2.06. The van der Waals surface area contributed by atoms with Gasteiger partial charge in [0.25, 0.3) is 5.91 Å². The second kappa shape index (κ2) is 7.52. The van der Waals surface area contributed by atoms with E-state index in [1.165, 1.54) is 31.5 Å². The van der Waals surface area contributed by atoms with Gasteiger partial charge in [-0.1, -0.05) is 24.3 Å². The van der Waals surface area contributed by atoms with Gasteiger partial charge >= 0.3 is 5.69 Å². The van der Waals surface area contributed by atoms with E-state index >= 15 is 0 Å². The summed E-state index contributed by atoms with van der Waals surface area (Å²) < 4.78 is 4.93. The molecule has 136 valence electrons. The van der Waals surface area contributed by atoms with E-state index in [4.69, 9.17) is 4.74 Å². The zero-order valence-corrected chi connectivity index (χ0v) is 14.2. The molecule has 0 saturated heterocycles. The molecule has 0 bridgehead atoms. The Morgan fingerprint density at radius 2 is 1.89 bits per heavy atom. The van der Waals surface area contributed by atoms with Gasteiger partial charge in [-0.25, -0.2) is 5.43 Å². The van der Waals surface area contributed by atoms with Crippen LogP contribution in [0.1, 0.15) is 15.9 Å². The van der Waals surface area contributed by atoms with Crippen LogP contribution in [0.15, 0.2) is 59.7 Å². The Morgan fingerprint density at radius 1 is 1.19 bits per heavy atom. The fourth-order valence-corrected chi connectivity index (χ4v) is 2.57. The number of hydrogen-bond acceptors (Lipinski definition) is 6. The van der Waals surface area contributed by atoms with E-state index in [-0.39, 0.29) is 22.7 Å². The van der Waals surface area contributed by atoms with E-state index in [0.717, 1.165) is 10.8 Å². The van der Waals surface area contributed by atoms with E-state index in [9.17, 15) is 20.0 Å². The number of fused-ring (bicyclic) bond motifs is 1. The third-order valence-electron chi connectivity index (χ3n) is 3.89. The van der Waals surface area contributed by atoms with E-state index in [1.807, 2.05) is 24.3 Å². The predicted octanol–water partition coefficient (Wildman–Crippen LogP) is 3.23. The van der Waals surface area contributed by atoms with E-state index < -0.39 is 10.8 Å². The highest BCUT2D eigenvalue weighted by Crippen LogP contribution is 2.27. The summed E-state index contributed by atoms with van der Waals surface area (Å²) in [7, 11) is 1.34. The molecule has 0 radical (unpaired) electrons. The number of nitrogens with zero attached hydrogens (tertiary/aromatic N) is 2. The zero-order valence-electron chi connectivity index (χ0n) is 14.2. The minimum atomic E-state index is -0.600. The number of hydrazone groups is 1. The molecule has 0 saturated carbocycles. The summed E-state index contributed by atoms with van der Waals surface area (Å²) in [5, 5.41) is 26.5. The number of carbonyl (C=O) groups excluding carboxylic acids is 1. The molecule has 0 aromatic heterocycles. The fourth-order valence-electron chi connectivity index (χ4n) is 2.57. The van der Waals surface area contributed by atoms with Gasteiger partial charge in [-0.15, -0.1) is 0 Å². The summed E-state index contributed by atoms with van der Waals surface area (Å²) in [5.74, 6) is -0.638. The zero-order chi connectivity index (χ0) is 19.4. The average Bonchev–Trinajstić information content (AvgIpc) is 2.67. The second-order valence-corrected chi connectivity index (χ2v) is 5.60. The van der Waals surface area contributed by atoms with Crippen LogP contribution in [0.2, 0.25) is 0 Å². The Bertz CT molecular complexity index is 1060. The van der Waals surface area contributed by atoms with Crippen molar-refractivity contribution in [2.45, 2.75) is 0 Å². The lowest BCUT2D eigenvalue weighted by atomic mass is 10.1. The number of benzene rings is 3. The number of nitro groups is 1. The van der Waals surface area contributed by atoms with Crippen molar-refractivity contribution >= 4 is 28.6 Å². The monoisotopic (exact) mass is 365 g/mol. The molecule has 2 N–H and O–H groups in total. The van der Waals surface area contributed by atoms with Crippen LogP contribution in [0, 0.1) is 10.1 Å². The van der Waals surface area contributed by atoms with Gasteiger partial charge in [0.1, 0.15) is 5.75 Å². The van der Waals surface area contributed by atoms with Crippen molar-refractivity contribution in [3.05, 3.63) is 75.8 Å². The van der Waals surface area contributed by atoms with Gasteiger partial charge in [0.15, 0.2) is 5.75 Å². The maximum Gasteiger partial charge on any atom is 0.311 e. The summed E-state index contributed by atoms with van der Waals surface area (Å²) in [6.07, 6.45) is 1.27. The van der Waals surface area contributed by atoms with Crippen molar-refractivity contribution < 1.29 is 19.6 Å². The summed E-state index contributed by atoms with van der Waals surface area (Å²) in [4.78, 5) is 22.7. The van der Waals surface area contributed by atoms with Crippen LogP contribution in [0.25, 0.3) is 10.8 Å². The number of nitrogens with one attached hydrogen (secondary N) is 1. The van der Waals surface area contributed by atoms with Crippen LogP contribution < -0.4 is 10.2 Å². The number of ether oxygens (including phenoxy) is 1. The summed E-state index contributed by atoms with van der Waals surface area (Å²) >= 11 is 0. The number of phenols is 1. The summed E-state index contributed by atoms with van der Waals surface area (Å²) in [6.45, 7) is 0. The number of nitro benzene ring substituents is 1. The van der Waals surface area contributed by atoms with E-state index in [2.05, 4.69) is 10.5 Å². The van der Waals surface area contributed by atoms with Crippen LogP contribution in [-0.4, -0.2) is 29.3 Å². The lowest BCUT2D eigenvalue weighted by molar-refractivity contribution is -0.385. The number of methoxy groups -OCH3 is 1. The fraction of sp³-hybridized carbons (Fsp3) is 0.0526. The van der Waals surface area contributed by atoms with Crippen LogP contribution >= 0.6 is 0 Å². The van der Waals surface area contributed by atoms with Crippen LogP contribution in [0.5, 0.6) is 11.5 Å². The number of hydrogen-bond donors (Lipinski definition) is 2. The Hall–Kier alpha value is -3.94. The van der Waals surface area contributed by atoms with Gasteiger partial charge in [0.05, 0.1) is 23.8 Å². The molecule has 8 heteroatoms. The highest BCUT2D eigenvalue weighted by Gasteiger charge is 2.15. The molecule has 0 atom stereocenters. The Kier molecular flexibility index (Phi) is 4.98. The maximum absolute atomic E-state index is 12.3. The van der Waals surface area contributed by atoms with Gasteiger partial charge in [0, 0.05) is 11.6 Å². The van der Waals surface area contributed by atoms with Gasteiger partial charge in [-0.2, -0.15) is 5.10 Å². The molecular weight excluding hydrogens is 350 g/mol. The molecule has 0 spiro atoms. The quantitative estimate of drug-likeness (QED) is 0.409. The highest BCUT2D eigenvalue weighted by molar-refractivity contribution is 6.01. The van der Waals surface area contributed by atoms with Crippen molar-refractivity contribution in [1.29, 1.82) is 0 Å². The molecule has 8 nitrogen and oxygen atoms in total. The largest absolute Gasteiger partial charge is 0.507 e. The first-order chi connectivity index (χ1) is 13.0. The Morgan fingerprint density at radius 3 is 2.56 bits per heavy atom. The summed E-state index contributed by atoms with van der Waals surface area (Å²) in [5.41, 5.74) is 2.57. The molecule has 0 aliphatic heterocycles. The smallest absolute Gasteiger partial charge is 0.311 e. The van der Waals surface area contributed by atoms with Crippen molar-refractivity contribution in [3.8, 4) is 11.5 Å². The molecule has 1 amide bonds. The third-order valence-corrected chi connectivity index (χ3v) is 3.89. The van der Waals surface area contributed by atoms with Crippen LogP contribution in [0.4, 0.5) is 5.69 Å². The highest BCUT2D eigenvalue weighted by atomic mass is 16.6. The SMILES string of the molecule is COc1ccc(C=NNC(=O)c2cc3ccccc3cc2O)cc1[N+](=O)[O-]. The topological polar surface area (TPSA) is 114 Å². The van der Waals surface area contributed by atoms with Gasteiger partial charge in [0.2, 0.25) is 0 Å². The number of rotatable bonds is 5. The number of phenolic OH excluding ortho intramolecular Hbond substituents is 1. The van der Waals surface area contributed by atoms with E-state index in [1.54, 1.807) is 12.1 Å². The minimum Gasteiger partial charge on any atom is -0.507 e. The predicted molar refractivity (Wildman–Crippen MR) is 100 cm³/mol. The van der Waals surface area contributed by atoms with Crippen molar-refractivity contribution in [1.82, 2.24) is 5.43 Å². The summed E-state index contributed by atoms with van der Waals surface area (Å²) in [6, 6.07) is 14.7. The molecule has 0 fully saturated rings. The molecule has 3 aromatic rings. The molecular formula is C19H15N3O5. The average molecular weight is 365 g/mol. The van der Waals surface area contributed by atoms with E-state index in [0.29, 0.717) is 5.56 Å². The van der Waals surface area contributed by atoms with Crippen molar-refractivity contribution in [2.75, 3.05) is 7.11 Å². The molecule has 0 aliphatic rings. The lowest BCUT2D eigenvalue weighted by Crippen LogP contribution is -2.17. The molecule has 0 aliphatic carbocycles. The second-order valence-electron chi connectivity index (χ2n) is 5.60. The van der Waals surface area contributed by atoms with Crippen LogP contribution in [-0.2, 0) is 0 Å². The van der Waals surface area contributed by atoms with Gasteiger partial charge < -0.3 is 9.84 Å². The molecule has 3 aromatic carbocycles. The van der Waals surface area contributed by atoms with Gasteiger partial charge in [-0.05, 0) is 35.0 Å². The normalized spacial score (nSPS) is 10.9. The number of amides is 1. The van der Waals surface area contributed by atoms with Gasteiger partial charge in [-0.3, -0.25) is 14.9 Å². The number of carbonyl (C=O) groups is 1. The van der Waals surface area contributed by atoms with Crippen molar-refractivity contribution in [2.24, 2.45) is 5.10 Å². The van der Waals surface area contributed by atoms with Crippen molar-refractivity contribution in [3.63, 3.8) is 0 Å². The first-order valence-corrected chi connectivity index (χ1v) is 7.87. The standard InChI is InChI=1S/C19H15N3O5/c1-27-18-7-6-12(8-16(18)22(25)26)11-20-21-19(24)15-9-13-4-2-3-5-14(13)10-17(15)23/h2-11,23H,1H3,(H,21,24). The molecule has 3 rings (SSSR count). The maximum atomic E-state index is 12.3. The minimum absolute atomic E-state index is 0.0755. The Labute approximate surface area is 153 Å². The molecule has 0 heterocycles. The number of aromatic hydroxyl groups is 1.